The summed E-state index contributed by atoms with van der Waals surface area (Å²) in [4.78, 5) is 29.5. The lowest BCUT2D eigenvalue weighted by atomic mass is 10.0. The second-order valence-electron chi connectivity index (χ2n) is 7.54. The van der Waals surface area contributed by atoms with Crippen LogP contribution in [-0.4, -0.2) is 64.2 Å². The van der Waals surface area contributed by atoms with Gasteiger partial charge in [-0.2, -0.15) is 0 Å². The summed E-state index contributed by atoms with van der Waals surface area (Å²) >= 11 is 6.56. The molecular weight excluding hydrogens is 420 g/mol. The van der Waals surface area contributed by atoms with Gasteiger partial charge in [-0.3, -0.25) is 4.79 Å². The number of ether oxygens (including phenoxy) is 1. The predicted molar refractivity (Wildman–Crippen MR) is 117 cm³/mol. The van der Waals surface area contributed by atoms with Crippen molar-refractivity contribution in [2.24, 2.45) is 0 Å². The van der Waals surface area contributed by atoms with E-state index in [1.165, 1.54) is 4.90 Å². The maximum absolute atomic E-state index is 11.9. The molecule has 1 aliphatic heterocycles. The second kappa shape index (κ2) is 8.56. The first-order valence-corrected chi connectivity index (χ1v) is 10.3. The molecule has 2 aromatic heterocycles. The van der Waals surface area contributed by atoms with Crippen LogP contribution in [0.5, 0.6) is 0 Å². The van der Waals surface area contributed by atoms with Gasteiger partial charge in [0.25, 0.3) is 5.91 Å². The van der Waals surface area contributed by atoms with Crippen molar-refractivity contribution >= 4 is 29.2 Å². The predicted octanol–water partition coefficient (Wildman–Crippen LogP) is 3.24. The van der Waals surface area contributed by atoms with Crippen molar-refractivity contribution in [3.63, 3.8) is 0 Å². The lowest BCUT2D eigenvalue weighted by Crippen LogP contribution is -2.45. The molecule has 0 radical (unpaired) electrons. The highest BCUT2D eigenvalue weighted by molar-refractivity contribution is 6.33. The molecular formula is C22H23ClN4O4. The third kappa shape index (κ3) is 4.22. The number of amides is 2. The summed E-state index contributed by atoms with van der Waals surface area (Å²) in [6.07, 6.45) is 1.17. The number of pyridine rings is 1. The summed E-state index contributed by atoms with van der Waals surface area (Å²) in [5, 5.41) is 12.4. The van der Waals surface area contributed by atoms with Crippen LogP contribution in [0.3, 0.4) is 0 Å². The van der Waals surface area contributed by atoms with Crippen LogP contribution in [0, 0.1) is 6.92 Å². The maximum atomic E-state index is 11.9. The SMILES string of the molecule is CNC(=O)c1ccc(-c2nc3cc(C)ccn3c2C[C@H]2CN(C(=O)O)CCO2)c(Cl)c1. The molecule has 162 valence electrons. The van der Waals surface area contributed by atoms with E-state index in [0.717, 1.165) is 16.9 Å². The molecule has 31 heavy (non-hydrogen) atoms. The third-order valence-electron chi connectivity index (χ3n) is 5.42. The number of hydrogen-bond donors (Lipinski definition) is 2. The van der Waals surface area contributed by atoms with Gasteiger partial charge in [0.15, 0.2) is 0 Å². The maximum Gasteiger partial charge on any atom is 0.407 e. The van der Waals surface area contributed by atoms with Crippen molar-refractivity contribution in [1.29, 1.82) is 0 Å². The van der Waals surface area contributed by atoms with Gasteiger partial charge >= 0.3 is 6.09 Å². The first kappa shape index (κ1) is 21.1. The van der Waals surface area contributed by atoms with Gasteiger partial charge < -0.3 is 24.5 Å². The number of halogens is 1. The van der Waals surface area contributed by atoms with Crippen molar-refractivity contribution in [3.8, 4) is 11.3 Å². The Morgan fingerprint density at radius 2 is 2.13 bits per heavy atom. The highest BCUT2D eigenvalue weighted by Gasteiger charge is 2.27. The van der Waals surface area contributed by atoms with Crippen LogP contribution in [0.4, 0.5) is 4.79 Å². The Bertz CT molecular complexity index is 1160. The largest absolute Gasteiger partial charge is 0.465 e. The third-order valence-corrected chi connectivity index (χ3v) is 5.74. The van der Waals surface area contributed by atoms with E-state index in [1.54, 1.807) is 25.2 Å². The van der Waals surface area contributed by atoms with E-state index in [2.05, 4.69) is 5.32 Å². The van der Waals surface area contributed by atoms with E-state index in [9.17, 15) is 14.7 Å². The number of nitrogens with zero attached hydrogens (tertiary/aromatic N) is 3. The number of carboxylic acid groups (broad SMARTS) is 1. The summed E-state index contributed by atoms with van der Waals surface area (Å²) < 4.78 is 7.84. The van der Waals surface area contributed by atoms with Crippen molar-refractivity contribution < 1.29 is 19.4 Å². The molecule has 9 heteroatoms. The van der Waals surface area contributed by atoms with E-state index in [-0.39, 0.29) is 18.6 Å². The molecule has 1 saturated heterocycles. The minimum atomic E-state index is -0.949. The molecule has 1 aliphatic rings. The second-order valence-corrected chi connectivity index (χ2v) is 7.95. The highest BCUT2D eigenvalue weighted by Crippen LogP contribution is 2.33. The normalized spacial score (nSPS) is 16.5. The van der Waals surface area contributed by atoms with Gasteiger partial charge in [-0.25, -0.2) is 9.78 Å². The number of hydrogen-bond acceptors (Lipinski definition) is 4. The van der Waals surface area contributed by atoms with Crippen molar-refractivity contribution in [2.75, 3.05) is 26.7 Å². The monoisotopic (exact) mass is 442 g/mol. The standard InChI is InChI=1S/C22H23ClN4O4/c1-13-5-6-27-18(11-15-12-26(22(29)30)7-8-31-15)20(25-19(27)9-13)16-4-3-14(10-17(16)23)21(28)24-2/h3-6,9-10,15H,7-8,11-12H2,1-2H3,(H,24,28)(H,29,30)/t15-/m0/s1. The van der Waals surface area contributed by atoms with Crippen LogP contribution in [0.25, 0.3) is 16.9 Å². The fourth-order valence-corrected chi connectivity index (χ4v) is 4.10. The number of aromatic nitrogens is 2. The molecule has 2 N–H and O–H groups in total. The van der Waals surface area contributed by atoms with E-state index in [1.807, 2.05) is 29.7 Å². The Morgan fingerprint density at radius 3 is 2.84 bits per heavy atom. The zero-order valence-electron chi connectivity index (χ0n) is 17.3. The summed E-state index contributed by atoms with van der Waals surface area (Å²) in [6, 6.07) is 9.09. The number of imidazole rings is 1. The topological polar surface area (TPSA) is 96.2 Å². The summed E-state index contributed by atoms with van der Waals surface area (Å²) in [5.41, 5.74) is 4.57. The minimum Gasteiger partial charge on any atom is -0.465 e. The fourth-order valence-electron chi connectivity index (χ4n) is 3.83. The Hall–Kier alpha value is -3.10. The Morgan fingerprint density at radius 1 is 1.32 bits per heavy atom. The molecule has 0 unspecified atom stereocenters. The van der Waals surface area contributed by atoms with Gasteiger partial charge in [-0.1, -0.05) is 17.7 Å². The van der Waals surface area contributed by atoms with Gasteiger partial charge in [0.2, 0.25) is 0 Å². The number of aryl methyl sites for hydroxylation is 1. The summed E-state index contributed by atoms with van der Waals surface area (Å²) in [7, 11) is 1.57. The molecule has 3 aromatic rings. The highest BCUT2D eigenvalue weighted by atomic mass is 35.5. The molecule has 1 atom stereocenters. The number of carbonyl (C=O) groups is 2. The molecule has 8 nitrogen and oxygen atoms in total. The average molecular weight is 443 g/mol. The molecule has 1 aromatic carbocycles. The first-order chi connectivity index (χ1) is 14.9. The van der Waals surface area contributed by atoms with Crippen LogP contribution in [-0.2, 0) is 11.2 Å². The van der Waals surface area contributed by atoms with Crippen molar-refractivity contribution in [1.82, 2.24) is 19.6 Å². The van der Waals surface area contributed by atoms with Gasteiger partial charge in [-0.05, 0) is 36.8 Å². The van der Waals surface area contributed by atoms with Gasteiger partial charge in [0.1, 0.15) is 5.65 Å². The van der Waals surface area contributed by atoms with E-state index < -0.39 is 6.09 Å². The van der Waals surface area contributed by atoms with Crippen LogP contribution >= 0.6 is 11.6 Å². The minimum absolute atomic E-state index is 0.219. The van der Waals surface area contributed by atoms with Crippen LogP contribution in [0.15, 0.2) is 36.5 Å². The smallest absolute Gasteiger partial charge is 0.407 e. The van der Waals surface area contributed by atoms with Crippen molar-refractivity contribution in [3.05, 3.63) is 58.4 Å². The molecule has 0 bridgehead atoms. The Balaban J connectivity index is 1.77. The molecule has 0 saturated carbocycles. The van der Waals surface area contributed by atoms with E-state index >= 15 is 0 Å². The lowest BCUT2D eigenvalue weighted by Gasteiger charge is -2.31. The number of carbonyl (C=O) groups excluding carboxylic acids is 1. The van der Waals surface area contributed by atoms with E-state index in [0.29, 0.717) is 41.4 Å². The number of morpholine rings is 1. The molecule has 4 rings (SSSR count). The average Bonchev–Trinajstić information content (AvgIpc) is 3.10. The van der Waals surface area contributed by atoms with Crippen LogP contribution in [0.2, 0.25) is 5.02 Å². The number of fused-ring (bicyclic) bond motifs is 1. The van der Waals surface area contributed by atoms with Gasteiger partial charge in [0, 0.05) is 37.3 Å². The number of nitrogens with one attached hydrogen (secondary N) is 1. The van der Waals surface area contributed by atoms with E-state index in [4.69, 9.17) is 21.3 Å². The van der Waals surface area contributed by atoms with Crippen LogP contribution < -0.4 is 5.32 Å². The molecule has 1 fully saturated rings. The summed E-state index contributed by atoms with van der Waals surface area (Å²) in [5.74, 6) is -0.219. The Kier molecular flexibility index (Phi) is 5.84. The fraction of sp³-hybridized carbons (Fsp3) is 0.318. The van der Waals surface area contributed by atoms with Crippen molar-refractivity contribution in [2.45, 2.75) is 19.4 Å². The summed E-state index contributed by atoms with van der Waals surface area (Å²) in [6.45, 7) is 2.99. The molecule has 0 spiro atoms. The zero-order valence-corrected chi connectivity index (χ0v) is 18.0. The van der Waals surface area contributed by atoms with Crippen LogP contribution in [0.1, 0.15) is 21.6 Å². The molecule has 3 heterocycles. The molecule has 0 aliphatic carbocycles. The lowest BCUT2D eigenvalue weighted by molar-refractivity contribution is -0.0214. The quantitative estimate of drug-likeness (QED) is 0.646. The molecule has 2 amide bonds. The van der Waals surface area contributed by atoms with Gasteiger partial charge in [-0.15, -0.1) is 0 Å². The zero-order chi connectivity index (χ0) is 22.1. The van der Waals surface area contributed by atoms with Gasteiger partial charge in [0.05, 0.1) is 35.7 Å². The number of benzene rings is 1. The number of rotatable bonds is 4. The Labute approximate surface area is 184 Å². The first-order valence-electron chi connectivity index (χ1n) is 9.96.